The summed E-state index contributed by atoms with van der Waals surface area (Å²) in [6, 6.07) is 5.77. The van der Waals surface area contributed by atoms with Crippen molar-refractivity contribution >= 4 is 29.3 Å². The zero-order valence-corrected chi connectivity index (χ0v) is 15.3. The predicted octanol–water partition coefficient (Wildman–Crippen LogP) is 3.28. The van der Waals surface area contributed by atoms with E-state index in [9.17, 15) is 23.2 Å². The van der Waals surface area contributed by atoms with Crippen LogP contribution in [-0.2, 0) is 17.4 Å². The number of nitriles is 1. The maximum atomic E-state index is 12.8. The Kier molecular flexibility index (Phi) is 6.28. The first-order valence-corrected chi connectivity index (χ1v) is 8.95. The molecule has 2 rings (SSSR count). The number of hydrogen-bond donors (Lipinski definition) is 2. The molecule has 1 atom stereocenters. The number of thioether (sulfide) groups is 1. The molecule has 1 heterocycles. The Bertz CT molecular complexity index is 895. The lowest BCUT2D eigenvalue weighted by molar-refractivity contribution is -0.137. The fraction of sp³-hybridized carbons (Fsp3) is 0.294. The molecule has 0 unspecified atom stereocenters. The van der Waals surface area contributed by atoms with E-state index in [4.69, 9.17) is 5.73 Å². The van der Waals surface area contributed by atoms with Crippen molar-refractivity contribution in [2.24, 2.45) is 0 Å². The molecule has 6 nitrogen and oxygen atoms in total. The number of carbonyl (C=O) groups excluding carboxylic acids is 1. The minimum Gasteiger partial charge on any atom is -0.368 e. The van der Waals surface area contributed by atoms with Crippen molar-refractivity contribution in [2.45, 2.75) is 30.6 Å². The van der Waals surface area contributed by atoms with Crippen LogP contribution >= 0.6 is 11.8 Å². The van der Waals surface area contributed by atoms with Gasteiger partial charge in [0, 0.05) is 6.42 Å². The van der Waals surface area contributed by atoms with Crippen LogP contribution in [0.1, 0.15) is 23.6 Å². The van der Waals surface area contributed by atoms with E-state index < -0.39 is 17.8 Å². The molecule has 0 aliphatic rings. The molecule has 0 radical (unpaired) electrons. The number of Topliss-reactive ketones (excluding diaryl/α,β-unsaturated/α-hetero) is 1. The summed E-state index contributed by atoms with van der Waals surface area (Å²) in [5.41, 5.74) is 5.20. The molecule has 0 amide bonds. The Balaban J connectivity index is 2.18. The summed E-state index contributed by atoms with van der Waals surface area (Å²) in [5, 5.41) is 12.5. The zero-order valence-electron chi connectivity index (χ0n) is 14.5. The van der Waals surface area contributed by atoms with Crippen molar-refractivity contribution in [3.63, 3.8) is 0 Å². The molecule has 1 aromatic heterocycles. The van der Waals surface area contributed by atoms with Crippen LogP contribution in [0, 0.1) is 11.3 Å². The lowest BCUT2D eigenvalue weighted by Gasteiger charge is -2.16. The second-order valence-electron chi connectivity index (χ2n) is 5.63. The number of benzene rings is 1. The smallest absolute Gasteiger partial charge is 0.368 e. The van der Waals surface area contributed by atoms with Gasteiger partial charge in [-0.25, -0.2) is 4.98 Å². The molecule has 3 N–H and O–H groups in total. The van der Waals surface area contributed by atoms with Crippen molar-refractivity contribution < 1.29 is 18.0 Å². The van der Waals surface area contributed by atoms with E-state index in [1.165, 1.54) is 30.8 Å². The van der Waals surface area contributed by atoms with Gasteiger partial charge in [0.15, 0.2) is 11.6 Å². The van der Waals surface area contributed by atoms with Crippen LogP contribution < -0.4 is 11.1 Å². The quantitative estimate of drug-likeness (QED) is 0.571. The maximum Gasteiger partial charge on any atom is 0.416 e. The molecular weight excluding hydrogens is 379 g/mol. The van der Waals surface area contributed by atoms with Gasteiger partial charge in [-0.05, 0) is 24.8 Å². The first kappa shape index (κ1) is 20.5. The highest BCUT2D eigenvalue weighted by Gasteiger charge is 2.30. The van der Waals surface area contributed by atoms with Crippen molar-refractivity contribution in [3.8, 4) is 6.07 Å². The van der Waals surface area contributed by atoms with Crippen LogP contribution in [0.5, 0.6) is 0 Å². The van der Waals surface area contributed by atoms with Gasteiger partial charge in [0.2, 0.25) is 5.95 Å². The fourth-order valence-corrected chi connectivity index (χ4v) is 2.84. The van der Waals surface area contributed by atoms with Crippen LogP contribution in [0.3, 0.4) is 0 Å². The zero-order chi connectivity index (χ0) is 20.2. The molecule has 0 spiro atoms. The standard InChI is InChI=1S/C17H16F3N5OS/c1-9(23-14-12(8-21)15(27-2)25-16(22)24-14)13(26)7-10-4-3-5-11(6-10)17(18,19)20/h3-6,9H,7H2,1-2H3,(H3,22,23,24,25)/t9-/m0/s1. The van der Waals surface area contributed by atoms with Gasteiger partial charge < -0.3 is 11.1 Å². The van der Waals surface area contributed by atoms with Crippen molar-refractivity contribution in [1.29, 1.82) is 5.26 Å². The highest BCUT2D eigenvalue weighted by atomic mass is 32.2. The molecule has 0 fully saturated rings. The SMILES string of the molecule is CSc1nc(N)nc(N[C@@H](C)C(=O)Cc2cccc(C(F)(F)F)c2)c1C#N. The molecule has 0 saturated heterocycles. The number of aromatic nitrogens is 2. The summed E-state index contributed by atoms with van der Waals surface area (Å²) in [5.74, 6) is -0.307. The summed E-state index contributed by atoms with van der Waals surface area (Å²) in [7, 11) is 0. The van der Waals surface area contributed by atoms with E-state index in [0.717, 1.165) is 12.1 Å². The third kappa shape index (κ3) is 5.10. The van der Waals surface area contributed by atoms with Crippen molar-refractivity contribution in [3.05, 3.63) is 41.0 Å². The lowest BCUT2D eigenvalue weighted by atomic mass is 10.0. The summed E-state index contributed by atoms with van der Waals surface area (Å²) in [4.78, 5) is 20.3. The Morgan fingerprint density at radius 3 is 2.70 bits per heavy atom. The molecule has 10 heteroatoms. The van der Waals surface area contributed by atoms with E-state index in [2.05, 4.69) is 15.3 Å². The number of nitrogen functional groups attached to an aromatic ring is 1. The Labute approximate surface area is 158 Å². The van der Waals surface area contributed by atoms with Gasteiger partial charge in [-0.3, -0.25) is 4.79 Å². The van der Waals surface area contributed by atoms with Gasteiger partial charge in [-0.15, -0.1) is 11.8 Å². The minimum atomic E-state index is -4.47. The number of anilines is 2. The van der Waals surface area contributed by atoms with Gasteiger partial charge in [0.25, 0.3) is 0 Å². The van der Waals surface area contributed by atoms with E-state index in [1.807, 2.05) is 6.07 Å². The van der Waals surface area contributed by atoms with Crippen LogP contribution in [0.15, 0.2) is 29.3 Å². The summed E-state index contributed by atoms with van der Waals surface area (Å²) in [6.45, 7) is 1.54. The summed E-state index contributed by atoms with van der Waals surface area (Å²) < 4.78 is 38.4. The monoisotopic (exact) mass is 395 g/mol. The molecule has 2 aromatic rings. The number of halogens is 3. The second-order valence-corrected chi connectivity index (χ2v) is 6.43. The number of nitrogens with one attached hydrogen (secondary N) is 1. The van der Waals surface area contributed by atoms with Gasteiger partial charge in [0.05, 0.1) is 11.6 Å². The second kappa shape index (κ2) is 8.26. The summed E-state index contributed by atoms with van der Waals surface area (Å²) >= 11 is 1.21. The van der Waals surface area contributed by atoms with E-state index >= 15 is 0 Å². The number of nitrogens with zero attached hydrogens (tertiary/aromatic N) is 3. The van der Waals surface area contributed by atoms with Crippen LogP contribution in [0.4, 0.5) is 24.9 Å². The molecule has 142 valence electrons. The Hall–Kier alpha value is -2.80. The minimum absolute atomic E-state index is 0.0571. The number of nitrogens with two attached hydrogens (primary N) is 1. The van der Waals surface area contributed by atoms with Crippen LogP contribution in [0.2, 0.25) is 0 Å². The third-order valence-corrected chi connectivity index (χ3v) is 4.35. The average Bonchev–Trinajstić information content (AvgIpc) is 2.60. The normalized spacial score (nSPS) is 12.3. The number of ketones is 1. The average molecular weight is 395 g/mol. The van der Waals surface area contributed by atoms with Crippen molar-refractivity contribution in [2.75, 3.05) is 17.3 Å². The predicted molar refractivity (Wildman–Crippen MR) is 96.2 cm³/mol. The topological polar surface area (TPSA) is 105 Å². The van der Waals surface area contributed by atoms with Gasteiger partial charge in [-0.1, -0.05) is 18.2 Å². The van der Waals surface area contributed by atoms with Crippen LogP contribution in [-0.4, -0.2) is 28.0 Å². The van der Waals surface area contributed by atoms with Crippen LogP contribution in [0.25, 0.3) is 0 Å². The first-order valence-electron chi connectivity index (χ1n) is 7.72. The Morgan fingerprint density at radius 2 is 2.11 bits per heavy atom. The molecule has 0 aliphatic carbocycles. The number of carbonyl (C=O) groups is 1. The molecule has 0 aliphatic heterocycles. The summed E-state index contributed by atoms with van der Waals surface area (Å²) in [6.07, 6.45) is -2.96. The fourth-order valence-electron chi connectivity index (χ4n) is 2.31. The number of hydrogen-bond acceptors (Lipinski definition) is 7. The molecule has 0 bridgehead atoms. The number of rotatable bonds is 6. The van der Waals surface area contributed by atoms with E-state index in [0.29, 0.717) is 5.03 Å². The number of alkyl halides is 3. The van der Waals surface area contributed by atoms with E-state index in [1.54, 1.807) is 6.26 Å². The highest BCUT2D eigenvalue weighted by molar-refractivity contribution is 7.98. The van der Waals surface area contributed by atoms with Gasteiger partial charge >= 0.3 is 6.18 Å². The largest absolute Gasteiger partial charge is 0.416 e. The third-order valence-electron chi connectivity index (χ3n) is 3.67. The Morgan fingerprint density at radius 1 is 1.41 bits per heavy atom. The maximum absolute atomic E-state index is 12.8. The molecule has 27 heavy (non-hydrogen) atoms. The van der Waals surface area contributed by atoms with Gasteiger partial charge in [-0.2, -0.15) is 23.4 Å². The van der Waals surface area contributed by atoms with Gasteiger partial charge in [0.1, 0.15) is 16.7 Å². The highest BCUT2D eigenvalue weighted by Crippen LogP contribution is 2.30. The lowest BCUT2D eigenvalue weighted by Crippen LogP contribution is -2.29. The first-order chi connectivity index (χ1) is 12.7. The van der Waals surface area contributed by atoms with E-state index in [-0.39, 0.29) is 35.1 Å². The molecule has 0 saturated carbocycles. The molecule has 1 aromatic carbocycles. The molecular formula is C17H16F3N5OS. The van der Waals surface area contributed by atoms with Crippen molar-refractivity contribution in [1.82, 2.24) is 9.97 Å².